The maximum Gasteiger partial charge on any atom is 0.326 e. The minimum absolute atomic E-state index is 0.127. The Morgan fingerprint density at radius 1 is 0.333 bits per heavy atom. The predicted octanol–water partition coefficient (Wildman–Crippen LogP) is 4.23. The van der Waals surface area contributed by atoms with Crippen molar-refractivity contribution in [3.8, 4) is 0 Å². The lowest BCUT2D eigenvalue weighted by atomic mass is 10.0. The van der Waals surface area contributed by atoms with Crippen LogP contribution in [0.2, 0.25) is 0 Å². The first kappa shape index (κ1) is 46.8. The zero-order valence-corrected chi connectivity index (χ0v) is 29.7. The van der Waals surface area contributed by atoms with E-state index in [-0.39, 0.29) is 19.3 Å². The third-order valence-electron chi connectivity index (χ3n) is 8.40. The fourth-order valence-corrected chi connectivity index (χ4v) is 5.44. The number of carboxylic acids is 5. The van der Waals surface area contributed by atoms with E-state index in [1.807, 2.05) is 0 Å². The summed E-state index contributed by atoms with van der Waals surface area (Å²) in [5.41, 5.74) is 0. The minimum Gasteiger partial charge on any atom is -0.481 e. The molecule has 0 spiro atoms. The molecule has 51 heavy (non-hydrogen) atoms. The Bertz CT molecular complexity index is 1100. The number of aliphatic carboxylic acids is 5. The molecular formula is C35H59N3O13. The zero-order valence-electron chi connectivity index (χ0n) is 29.7. The Balaban J connectivity index is 4.30. The third-order valence-corrected chi connectivity index (χ3v) is 8.40. The van der Waals surface area contributed by atoms with Gasteiger partial charge in [0.2, 0.25) is 17.7 Å². The predicted molar refractivity (Wildman–Crippen MR) is 185 cm³/mol. The summed E-state index contributed by atoms with van der Waals surface area (Å²) < 4.78 is 0. The van der Waals surface area contributed by atoms with E-state index in [0.717, 1.165) is 44.9 Å². The summed E-state index contributed by atoms with van der Waals surface area (Å²) in [6.45, 7) is 0. The topological polar surface area (TPSA) is 274 Å². The van der Waals surface area contributed by atoms with Crippen LogP contribution in [0.3, 0.4) is 0 Å². The van der Waals surface area contributed by atoms with Crippen molar-refractivity contribution in [2.75, 3.05) is 0 Å². The summed E-state index contributed by atoms with van der Waals surface area (Å²) in [5.74, 6) is -8.50. The van der Waals surface area contributed by atoms with E-state index in [9.17, 15) is 48.6 Å². The summed E-state index contributed by atoms with van der Waals surface area (Å²) in [4.78, 5) is 93.0. The van der Waals surface area contributed by atoms with E-state index in [4.69, 9.17) is 15.3 Å². The van der Waals surface area contributed by atoms with Gasteiger partial charge < -0.3 is 41.5 Å². The molecule has 0 saturated carbocycles. The molecule has 0 bridgehead atoms. The average Bonchev–Trinajstić information content (AvgIpc) is 3.05. The lowest BCUT2D eigenvalue weighted by Crippen LogP contribution is -2.52. The van der Waals surface area contributed by atoms with Crippen LogP contribution in [-0.2, 0) is 38.4 Å². The summed E-state index contributed by atoms with van der Waals surface area (Å²) in [5, 5.41) is 52.0. The Morgan fingerprint density at radius 2 is 0.627 bits per heavy atom. The summed E-state index contributed by atoms with van der Waals surface area (Å²) >= 11 is 0. The smallest absolute Gasteiger partial charge is 0.326 e. The number of amides is 3. The second kappa shape index (κ2) is 29.5. The van der Waals surface area contributed by atoms with Crippen LogP contribution >= 0.6 is 0 Å². The van der Waals surface area contributed by atoms with E-state index >= 15 is 0 Å². The number of carbonyl (C=O) groups excluding carboxylic acids is 3. The first-order valence-corrected chi connectivity index (χ1v) is 18.2. The minimum atomic E-state index is -1.59. The monoisotopic (exact) mass is 729 g/mol. The lowest BCUT2D eigenvalue weighted by molar-refractivity contribution is -0.144. The molecule has 0 saturated heterocycles. The summed E-state index contributed by atoms with van der Waals surface area (Å²) in [6, 6.07) is -4.45. The Morgan fingerprint density at radius 3 is 1.02 bits per heavy atom. The molecule has 8 N–H and O–H groups in total. The fourth-order valence-electron chi connectivity index (χ4n) is 5.44. The SMILES string of the molecule is O=C(O)CCCCCCCCCCCCCCCCCCC(=O)N[C@@H](CCC(=O)N[C@@H](CCC(=O)O)C(=O)N[C@@H](CCC(=O)O)C(=O)O)C(=O)O. The van der Waals surface area contributed by atoms with E-state index in [0.29, 0.717) is 6.42 Å². The highest BCUT2D eigenvalue weighted by Crippen LogP contribution is 2.15. The molecule has 3 amide bonds. The van der Waals surface area contributed by atoms with Crippen LogP contribution in [-0.4, -0.2) is 91.2 Å². The summed E-state index contributed by atoms with van der Waals surface area (Å²) in [6.07, 6.45) is 14.7. The first-order valence-electron chi connectivity index (χ1n) is 18.2. The number of hydrogen-bond donors (Lipinski definition) is 8. The van der Waals surface area contributed by atoms with Gasteiger partial charge in [-0.2, -0.15) is 0 Å². The first-order chi connectivity index (χ1) is 24.2. The molecule has 0 aliphatic heterocycles. The molecule has 0 unspecified atom stereocenters. The second-order valence-corrected chi connectivity index (χ2v) is 12.9. The number of unbranched alkanes of at least 4 members (excludes halogenated alkanes) is 15. The summed E-state index contributed by atoms with van der Waals surface area (Å²) in [7, 11) is 0. The number of carbonyl (C=O) groups is 8. The largest absolute Gasteiger partial charge is 0.481 e. The number of rotatable bonds is 34. The van der Waals surface area contributed by atoms with Gasteiger partial charge in [0, 0.05) is 32.1 Å². The Kier molecular flexibility index (Phi) is 27.0. The lowest BCUT2D eigenvalue weighted by Gasteiger charge is -2.21. The molecule has 0 radical (unpaired) electrons. The maximum atomic E-state index is 12.7. The molecule has 0 aromatic carbocycles. The quantitative estimate of drug-likeness (QED) is 0.0431. The van der Waals surface area contributed by atoms with E-state index in [1.165, 1.54) is 51.4 Å². The van der Waals surface area contributed by atoms with Crippen LogP contribution < -0.4 is 16.0 Å². The molecule has 0 aliphatic carbocycles. The standard InChI is InChI=1S/C35H59N3O13/c39-28(17-15-13-11-9-7-5-3-1-2-4-6-8-10-12-14-16-18-30(41)42)37-26(34(48)49)19-22-29(40)36-25(20-23-31(43)44)33(47)38-27(35(50)51)21-24-32(45)46/h25-27H,1-24H2,(H,36,40)(H,37,39)(H,38,47)(H,41,42)(H,43,44)(H,45,46)(H,48,49)(H,50,51)/t25-,26-,27-/m0/s1. The molecule has 0 aliphatic rings. The number of nitrogens with one attached hydrogen (secondary N) is 3. The van der Waals surface area contributed by atoms with Crippen LogP contribution in [0.4, 0.5) is 0 Å². The molecule has 292 valence electrons. The number of carboxylic acid groups (broad SMARTS) is 5. The van der Waals surface area contributed by atoms with Gasteiger partial charge in [-0.1, -0.05) is 89.9 Å². The van der Waals surface area contributed by atoms with Gasteiger partial charge in [0.1, 0.15) is 18.1 Å². The number of hydrogen-bond acceptors (Lipinski definition) is 8. The van der Waals surface area contributed by atoms with Gasteiger partial charge in [0.15, 0.2) is 0 Å². The highest BCUT2D eigenvalue weighted by Gasteiger charge is 2.28. The van der Waals surface area contributed by atoms with Crippen molar-refractivity contribution in [2.45, 2.75) is 172 Å². The van der Waals surface area contributed by atoms with Crippen molar-refractivity contribution in [1.82, 2.24) is 16.0 Å². The van der Waals surface area contributed by atoms with E-state index in [2.05, 4.69) is 16.0 Å². The van der Waals surface area contributed by atoms with Crippen LogP contribution in [0.25, 0.3) is 0 Å². The normalized spacial score (nSPS) is 12.6. The highest BCUT2D eigenvalue weighted by molar-refractivity contribution is 5.91. The molecule has 3 atom stereocenters. The zero-order chi connectivity index (χ0) is 38.4. The Hall–Kier alpha value is -4.24. The average molecular weight is 730 g/mol. The molecule has 0 aromatic heterocycles. The molecular weight excluding hydrogens is 670 g/mol. The van der Waals surface area contributed by atoms with Crippen molar-refractivity contribution in [3.05, 3.63) is 0 Å². The van der Waals surface area contributed by atoms with Gasteiger partial charge in [-0.15, -0.1) is 0 Å². The van der Waals surface area contributed by atoms with Gasteiger partial charge in [-0.05, 0) is 32.1 Å². The fraction of sp³-hybridized carbons (Fsp3) is 0.771. The van der Waals surface area contributed by atoms with Crippen LogP contribution in [0, 0.1) is 0 Å². The van der Waals surface area contributed by atoms with Crippen molar-refractivity contribution in [1.29, 1.82) is 0 Å². The van der Waals surface area contributed by atoms with Gasteiger partial charge in [-0.25, -0.2) is 9.59 Å². The van der Waals surface area contributed by atoms with Crippen LogP contribution in [0.1, 0.15) is 154 Å². The van der Waals surface area contributed by atoms with Crippen molar-refractivity contribution in [3.63, 3.8) is 0 Å². The Labute approximate surface area is 299 Å². The van der Waals surface area contributed by atoms with Crippen molar-refractivity contribution >= 4 is 47.6 Å². The third kappa shape index (κ3) is 28.2. The van der Waals surface area contributed by atoms with Gasteiger partial charge >= 0.3 is 29.8 Å². The second-order valence-electron chi connectivity index (χ2n) is 12.9. The van der Waals surface area contributed by atoms with E-state index in [1.54, 1.807) is 0 Å². The van der Waals surface area contributed by atoms with Crippen molar-refractivity contribution in [2.24, 2.45) is 0 Å². The van der Waals surface area contributed by atoms with Crippen LogP contribution in [0.5, 0.6) is 0 Å². The molecule has 16 nitrogen and oxygen atoms in total. The van der Waals surface area contributed by atoms with Gasteiger partial charge in [0.25, 0.3) is 0 Å². The molecule has 0 aromatic rings. The molecule has 0 fully saturated rings. The highest BCUT2D eigenvalue weighted by atomic mass is 16.4. The molecule has 0 heterocycles. The molecule has 0 rings (SSSR count). The molecule has 16 heteroatoms. The van der Waals surface area contributed by atoms with Crippen molar-refractivity contribution < 1.29 is 63.9 Å². The van der Waals surface area contributed by atoms with E-state index < -0.39 is 97.8 Å². The van der Waals surface area contributed by atoms with Gasteiger partial charge in [0.05, 0.1) is 0 Å². The van der Waals surface area contributed by atoms with Crippen LogP contribution in [0.15, 0.2) is 0 Å². The maximum absolute atomic E-state index is 12.7. The van der Waals surface area contributed by atoms with Gasteiger partial charge in [-0.3, -0.25) is 28.8 Å².